The number of hydrogen-bond donors (Lipinski definition) is 1. The van der Waals surface area contributed by atoms with Gasteiger partial charge in [0.15, 0.2) is 0 Å². The lowest BCUT2D eigenvalue weighted by Crippen LogP contribution is -2.30. The van der Waals surface area contributed by atoms with Gasteiger partial charge < -0.3 is 14.7 Å². The van der Waals surface area contributed by atoms with Crippen molar-refractivity contribution in [2.75, 3.05) is 33.4 Å². The predicted molar refractivity (Wildman–Crippen MR) is 70.8 cm³/mol. The largest absolute Gasteiger partial charge is 0.394 e. The van der Waals surface area contributed by atoms with Gasteiger partial charge in [-0.1, -0.05) is 17.7 Å². The van der Waals surface area contributed by atoms with Crippen LogP contribution in [0.5, 0.6) is 0 Å². The van der Waals surface area contributed by atoms with E-state index in [1.165, 1.54) is 0 Å². The number of carbonyl (C=O) groups is 1. The van der Waals surface area contributed by atoms with Gasteiger partial charge in [-0.05, 0) is 25.5 Å². The second-order valence-corrected chi connectivity index (χ2v) is 4.38. The van der Waals surface area contributed by atoms with Gasteiger partial charge in [0.1, 0.15) is 0 Å². The van der Waals surface area contributed by atoms with Crippen molar-refractivity contribution < 1.29 is 14.6 Å². The highest BCUT2D eigenvalue weighted by Crippen LogP contribution is 2.12. The maximum absolute atomic E-state index is 12.2. The van der Waals surface area contributed by atoms with Crippen LogP contribution in [0.1, 0.15) is 21.5 Å². The summed E-state index contributed by atoms with van der Waals surface area (Å²) in [6, 6.07) is 5.80. The molecule has 0 unspecified atom stereocenters. The second-order valence-electron chi connectivity index (χ2n) is 4.38. The van der Waals surface area contributed by atoms with Gasteiger partial charge in [0, 0.05) is 19.2 Å². The second kappa shape index (κ2) is 7.13. The van der Waals surface area contributed by atoms with Crippen LogP contribution in [0, 0.1) is 13.8 Å². The van der Waals surface area contributed by atoms with Crippen molar-refractivity contribution in [1.82, 2.24) is 4.90 Å². The third kappa shape index (κ3) is 4.13. The number of rotatable bonds is 6. The van der Waals surface area contributed by atoms with Gasteiger partial charge in [-0.25, -0.2) is 0 Å². The maximum atomic E-state index is 12.2. The van der Waals surface area contributed by atoms with E-state index in [9.17, 15) is 4.79 Å². The van der Waals surface area contributed by atoms with Crippen molar-refractivity contribution in [3.8, 4) is 0 Å². The molecular formula is C14H21NO3. The Labute approximate surface area is 108 Å². The van der Waals surface area contributed by atoms with Crippen molar-refractivity contribution in [2.24, 2.45) is 0 Å². The predicted octanol–water partition coefficient (Wildman–Crippen LogP) is 1.38. The van der Waals surface area contributed by atoms with Gasteiger partial charge in [0.2, 0.25) is 0 Å². The molecule has 0 fully saturated rings. The number of ether oxygens (including phenoxy) is 1. The molecule has 0 spiro atoms. The molecule has 0 aliphatic heterocycles. The third-order valence-electron chi connectivity index (χ3n) is 2.77. The quantitative estimate of drug-likeness (QED) is 0.777. The van der Waals surface area contributed by atoms with Gasteiger partial charge in [0.05, 0.1) is 19.8 Å². The van der Waals surface area contributed by atoms with E-state index in [1.807, 2.05) is 32.0 Å². The van der Waals surface area contributed by atoms with Crippen LogP contribution < -0.4 is 0 Å². The molecule has 0 bridgehead atoms. The number of likely N-dealkylation sites (N-methyl/N-ethyl adjacent to an activating group) is 1. The topological polar surface area (TPSA) is 49.8 Å². The van der Waals surface area contributed by atoms with E-state index >= 15 is 0 Å². The minimum Gasteiger partial charge on any atom is -0.394 e. The fourth-order valence-corrected chi connectivity index (χ4v) is 1.73. The Morgan fingerprint density at radius 1 is 1.33 bits per heavy atom. The lowest BCUT2D eigenvalue weighted by atomic mass is 10.0. The number of aryl methyl sites for hydroxylation is 2. The first kappa shape index (κ1) is 14.7. The molecular weight excluding hydrogens is 230 g/mol. The first-order valence-electron chi connectivity index (χ1n) is 6.07. The van der Waals surface area contributed by atoms with Crippen LogP contribution in [0.25, 0.3) is 0 Å². The number of aliphatic hydroxyl groups excluding tert-OH is 1. The number of carbonyl (C=O) groups excluding carboxylic acids is 1. The monoisotopic (exact) mass is 251 g/mol. The molecule has 0 aliphatic rings. The summed E-state index contributed by atoms with van der Waals surface area (Å²) in [5.74, 6) is 0.0000912. The van der Waals surface area contributed by atoms with E-state index in [1.54, 1.807) is 11.9 Å². The Balaban J connectivity index is 2.57. The molecule has 1 aromatic rings. The third-order valence-corrected chi connectivity index (χ3v) is 2.77. The molecule has 18 heavy (non-hydrogen) atoms. The molecule has 0 aliphatic carbocycles. The zero-order chi connectivity index (χ0) is 13.5. The molecule has 4 nitrogen and oxygen atoms in total. The maximum Gasteiger partial charge on any atom is 0.253 e. The Bertz CT molecular complexity index is 404. The molecule has 0 saturated heterocycles. The van der Waals surface area contributed by atoms with Crippen LogP contribution >= 0.6 is 0 Å². The summed E-state index contributed by atoms with van der Waals surface area (Å²) in [4.78, 5) is 13.8. The van der Waals surface area contributed by atoms with Crippen LogP contribution in [0.15, 0.2) is 18.2 Å². The van der Waals surface area contributed by atoms with E-state index in [4.69, 9.17) is 9.84 Å². The average Bonchev–Trinajstić information content (AvgIpc) is 2.33. The van der Waals surface area contributed by atoms with Crippen molar-refractivity contribution in [3.05, 3.63) is 34.9 Å². The number of nitrogens with zero attached hydrogens (tertiary/aromatic N) is 1. The van der Waals surface area contributed by atoms with Gasteiger partial charge in [-0.2, -0.15) is 0 Å². The summed E-state index contributed by atoms with van der Waals surface area (Å²) in [5, 5.41) is 8.58. The zero-order valence-electron chi connectivity index (χ0n) is 11.3. The smallest absolute Gasteiger partial charge is 0.253 e. The highest BCUT2D eigenvalue weighted by Gasteiger charge is 2.13. The molecule has 1 N–H and O–H groups in total. The molecule has 100 valence electrons. The van der Waals surface area contributed by atoms with Gasteiger partial charge in [-0.3, -0.25) is 4.79 Å². The van der Waals surface area contributed by atoms with Crippen molar-refractivity contribution >= 4 is 5.91 Å². The lowest BCUT2D eigenvalue weighted by Gasteiger charge is -2.18. The standard InChI is InChI=1S/C14H21NO3/c1-11-4-5-13(12(2)10-11)14(17)15(3)6-8-18-9-7-16/h4-5,10,16H,6-9H2,1-3H3. The normalized spacial score (nSPS) is 10.4. The molecule has 1 aromatic carbocycles. The van der Waals surface area contributed by atoms with Crippen molar-refractivity contribution in [2.45, 2.75) is 13.8 Å². The molecule has 0 saturated carbocycles. The molecule has 0 atom stereocenters. The fraction of sp³-hybridized carbons (Fsp3) is 0.500. The number of amides is 1. The number of aliphatic hydroxyl groups is 1. The SMILES string of the molecule is Cc1ccc(C(=O)N(C)CCOCCO)c(C)c1. The van der Waals surface area contributed by atoms with E-state index in [-0.39, 0.29) is 12.5 Å². The molecule has 0 aromatic heterocycles. The molecule has 0 radical (unpaired) electrons. The van der Waals surface area contributed by atoms with Crippen LogP contribution in [0.2, 0.25) is 0 Å². The summed E-state index contributed by atoms with van der Waals surface area (Å²) >= 11 is 0. The summed E-state index contributed by atoms with van der Waals surface area (Å²) in [5.41, 5.74) is 2.87. The summed E-state index contributed by atoms with van der Waals surface area (Å²) in [6.07, 6.45) is 0. The first-order chi connectivity index (χ1) is 8.56. The van der Waals surface area contributed by atoms with E-state index in [0.29, 0.717) is 19.8 Å². The molecule has 0 heterocycles. The Morgan fingerprint density at radius 3 is 2.67 bits per heavy atom. The highest BCUT2D eigenvalue weighted by molar-refractivity contribution is 5.95. The average molecular weight is 251 g/mol. The van der Waals surface area contributed by atoms with Crippen LogP contribution in [0.4, 0.5) is 0 Å². The lowest BCUT2D eigenvalue weighted by molar-refractivity contribution is 0.0618. The summed E-state index contributed by atoms with van der Waals surface area (Å²) in [6.45, 7) is 5.23. The van der Waals surface area contributed by atoms with Crippen molar-refractivity contribution in [1.29, 1.82) is 0 Å². The Kier molecular flexibility index (Phi) is 5.82. The highest BCUT2D eigenvalue weighted by atomic mass is 16.5. The Hall–Kier alpha value is -1.39. The summed E-state index contributed by atoms with van der Waals surface area (Å²) in [7, 11) is 1.75. The molecule has 1 rings (SSSR count). The molecule has 4 heteroatoms. The number of hydrogen-bond acceptors (Lipinski definition) is 3. The van der Waals surface area contributed by atoms with Crippen LogP contribution in [-0.4, -0.2) is 49.3 Å². The van der Waals surface area contributed by atoms with Crippen LogP contribution in [-0.2, 0) is 4.74 Å². The van der Waals surface area contributed by atoms with Crippen LogP contribution in [0.3, 0.4) is 0 Å². The van der Waals surface area contributed by atoms with Gasteiger partial charge in [-0.15, -0.1) is 0 Å². The van der Waals surface area contributed by atoms with Crippen molar-refractivity contribution in [3.63, 3.8) is 0 Å². The minimum absolute atomic E-state index is 0.0000912. The fourth-order valence-electron chi connectivity index (χ4n) is 1.73. The zero-order valence-corrected chi connectivity index (χ0v) is 11.3. The summed E-state index contributed by atoms with van der Waals surface area (Å²) < 4.78 is 5.14. The molecule has 1 amide bonds. The van der Waals surface area contributed by atoms with E-state index in [2.05, 4.69) is 0 Å². The minimum atomic E-state index is 0.0000912. The van der Waals surface area contributed by atoms with E-state index < -0.39 is 0 Å². The van der Waals surface area contributed by atoms with Gasteiger partial charge in [0.25, 0.3) is 5.91 Å². The van der Waals surface area contributed by atoms with E-state index in [0.717, 1.165) is 16.7 Å². The van der Waals surface area contributed by atoms with Gasteiger partial charge >= 0.3 is 0 Å². The first-order valence-corrected chi connectivity index (χ1v) is 6.07. The Morgan fingerprint density at radius 2 is 2.06 bits per heavy atom. The number of benzene rings is 1.